The minimum atomic E-state index is -0.362. The smallest absolute Gasteiger partial charge is 0.337 e. The first-order valence-electron chi connectivity index (χ1n) is 10.9. The van der Waals surface area contributed by atoms with Crippen molar-refractivity contribution < 1.29 is 13.9 Å². The van der Waals surface area contributed by atoms with Gasteiger partial charge in [-0.3, -0.25) is 4.98 Å². The van der Waals surface area contributed by atoms with Gasteiger partial charge in [0.2, 0.25) is 0 Å². The van der Waals surface area contributed by atoms with Crippen LogP contribution in [-0.4, -0.2) is 60.2 Å². The Labute approximate surface area is 199 Å². The molecule has 0 aliphatic carbocycles. The average Bonchev–Trinajstić information content (AvgIpc) is 3.44. The summed E-state index contributed by atoms with van der Waals surface area (Å²) in [5.41, 5.74) is 2.30. The molecule has 1 fully saturated rings. The van der Waals surface area contributed by atoms with E-state index in [4.69, 9.17) is 21.4 Å². The van der Waals surface area contributed by atoms with Crippen molar-refractivity contribution in [1.29, 1.82) is 0 Å². The number of ether oxygens (including phenoxy) is 1. The number of carbonyl (C=O) groups excluding carboxylic acids is 1. The molecule has 0 bridgehead atoms. The number of hydrogen-bond donors (Lipinski definition) is 1. The molecule has 8 heteroatoms. The summed E-state index contributed by atoms with van der Waals surface area (Å²) in [7, 11) is 5.51. The van der Waals surface area contributed by atoms with Crippen molar-refractivity contribution in [2.75, 3.05) is 34.3 Å². The van der Waals surface area contributed by atoms with Crippen LogP contribution in [-0.2, 0) is 4.74 Å². The van der Waals surface area contributed by atoms with E-state index in [9.17, 15) is 4.79 Å². The molecule has 33 heavy (non-hydrogen) atoms. The Hall–Kier alpha value is -3.23. The van der Waals surface area contributed by atoms with Crippen LogP contribution in [0.4, 0.5) is 0 Å². The lowest BCUT2D eigenvalue weighted by atomic mass is 10.0. The summed E-state index contributed by atoms with van der Waals surface area (Å²) in [6, 6.07) is 16.8. The molecule has 3 aromatic rings. The summed E-state index contributed by atoms with van der Waals surface area (Å²) in [6.07, 6.45) is 2.77. The van der Waals surface area contributed by atoms with E-state index < -0.39 is 0 Å². The number of methoxy groups -OCH3 is 1. The maximum absolute atomic E-state index is 11.7. The third-order valence-electron chi connectivity index (χ3n) is 5.71. The second kappa shape index (κ2) is 10.1. The number of esters is 1. The number of nitrogens with one attached hydrogen (secondary N) is 1. The molecule has 1 aliphatic heterocycles. The highest BCUT2D eigenvalue weighted by atomic mass is 32.1. The Kier molecular flexibility index (Phi) is 7.05. The number of nitrogens with zero attached hydrogens (tertiary/aromatic N) is 3. The van der Waals surface area contributed by atoms with Gasteiger partial charge in [-0.25, -0.2) is 4.79 Å². The van der Waals surface area contributed by atoms with Gasteiger partial charge < -0.3 is 24.3 Å². The largest absolute Gasteiger partial charge is 0.465 e. The van der Waals surface area contributed by atoms with E-state index >= 15 is 0 Å². The molecule has 1 aromatic carbocycles. The van der Waals surface area contributed by atoms with Gasteiger partial charge in [0.1, 0.15) is 17.6 Å². The summed E-state index contributed by atoms with van der Waals surface area (Å²) in [5, 5.41) is 4.16. The lowest BCUT2D eigenvalue weighted by molar-refractivity contribution is 0.0600. The summed E-state index contributed by atoms with van der Waals surface area (Å²) in [4.78, 5) is 20.7. The zero-order valence-electron chi connectivity index (χ0n) is 19.0. The van der Waals surface area contributed by atoms with Gasteiger partial charge >= 0.3 is 5.97 Å². The number of furan rings is 1. The van der Waals surface area contributed by atoms with E-state index in [1.807, 2.05) is 42.5 Å². The van der Waals surface area contributed by atoms with Gasteiger partial charge in [-0.2, -0.15) is 0 Å². The lowest BCUT2D eigenvalue weighted by Crippen LogP contribution is -2.32. The quantitative estimate of drug-likeness (QED) is 0.396. The molecule has 0 radical (unpaired) electrons. The van der Waals surface area contributed by atoms with Crippen molar-refractivity contribution in [2.24, 2.45) is 0 Å². The average molecular weight is 465 g/mol. The van der Waals surface area contributed by atoms with Crippen molar-refractivity contribution in [3.8, 4) is 11.3 Å². The molecule has 2 aromatic heterocycles. The van der Waals surface area contributed by atoms with Crippen LogP contribution in [0, 0.1) is 0 Å². The van der Waals surface area contributed by atoms with Crippen LogP contribution in [0.25, 0.3) is 11.3 Å². The zero-order valence-corrected chi connectivity index (χ0v) is 19.8. The predicted molar refractivity (Wildman–Crippen MR) is 131 cm³/mol. The van der Waals surface area contributed by atoms with Gasteiger partial charge in [0.25, 0.3) is 0 Å². The van der Waals surface area contributed by atoms with Crippen molar-refractivity contribution in [1.82, 2.24) is 20.1 Å². The predicted octanol–water partition coefficient (Wildman–Crippen LogP) is 4.05. The van der Waals surface area contributed by atoms with E-state index in [1.165, 1.54) is 7.11 Å². The molecule has 0 amide bonds. The molecular formula is C25H28N4O3S. The SMILES string of the molecule is COC(=O)c1ccc(-c2ccc([C@@H]3[C@H](c4ccccn4)NC(=S)N3CCCN(C)C)o2)cc1. The fourth-order valence-electron chi connectivity index (χ4n) is 4.07. The third-order valence-corrected chi connectivity index (χ3v) is 6.06. The van der Waals surface area contributed by atoms with Crippen molar-refractivity contribution in [2.45, 2.75) is 18.5 Å². The molecule has 172 valence electrons. The van der Waals surface area contributed by atoms with Gasteiger partial charge in [0.15, 0.2) is 5.11 Å². The Bertz CT molecular complexity index is 1100. The molecule has 3 heterocycles. The van der Waals surface area contributed by atoms with Crippen molar-refractivity contribution in [3.63, 3.8) is 0 Å². The van der Waals surface area contributed by atoms with Crippen LogP contribution in [0.3, 0.4) is 0 Å². The first kappa shape index (κ1) is 22.9. The van der Waals surface area contributed by atoms with Crippen LogP contribution < -0.4 is 5.32 Å². The number of aromatic nitrogens is 1. The van der Waals surface area contributed by atoms with Crippen LogP contribution in [0.5, 0.6) is 0 Å². The summed E-state index contributed by atoms with van der Waals surface area (Å²) in [6.45, 7) is 1.78. The van der Waals surface area contributed by atoms with Gasteiger partial charge in [0.05, 0.1) is 24.4 Å². The summed E-state index contributed by atoms with van der Waals surface area (Å²) in [5.74, 6) is 1.18. The molecule has 0 unspecified atom stereocenters. The Balaban J connectivity index is 1.63. The Morgan fingerprint density at radius 2 is 1.97 bits per heavy atom. The molecule has 1 N–H and O–H groups in total. The summed E-state index contributed by atoms with van der Waals surface area (Å²) < 4.78 is 11.1. The number of thiocarbonyl (C=S) groups is 1. The topological polar surface area (TPSA) is 70.8 Å². The minimum Gasteiger partial charge on any atom is -0.465 e. The lowest BCUT2D eigenvalue weighted by Gasteiger charge is -2.26. The van der Waals surface area contributed by atoms with E-state index in [-0.39, 0.29) is 18.1 Å². The molecule has 4 rings (SSSR count). The normalized spacial score (nSPS) is 17.9. The summed E-state index contributed by atoms with van der Waals surface area (Å²) >= 11 is 5.71. The highest BCUT2D eigenvalue weighted by Crippen LogP contribution is 2.40. The van der Waals surface area contributed by atoms with E-state index in [0.29, 0.717) is 10.7 Å². The van der Waals surface area contributed by atoms with Crippen LogP contribution >= 0.6 is 12.2 Å². The second-order valence-corrected chi connectivity index (χ2v) is 8.63. The Morgan fingerprint density at radius 1 is 1.18 bits per heavy atom. The van der Waals surface area contributed by atoms with E-state index in [1.54, 1.807) is 18.3 Å². The highest BCUT2D eigenvalue weighted by Gasteiger charge is 2.41. The molecule has 2 atom stereocenters. The minimum absolute atomic E-state index is 0.112. The Morgan fingerprint density at radius 3 is 2.64 bits per heavy atom. The third kappa shape index (κ3) is 5.07. The number of carbonyl (C=O) groups is 1. The zero-order chi connectivity index (χ0) is 23.4. The van der Waals surface area contributed by atoms with Gasteiger partial charge in [-0.1, -0.05) is 18.2 Å². The number of rotatable bonds is 8. The van der Waals surface area contributed by atoms with Gasteiger partial charge in [0, 0.05) is 18.3 Å². The molecule has 1 aliphatic rings. The molecular weight excluding hydrogens is 436 g/mol. The van der Waals surface area contributed by atoms with E-state index in [2.05, 4.69) is 34.2 Å². The van der Waals surface area contributed by atoms with Crippen LogP contribution in [0.1, 0.15) is 40.3 Å². The van der Waals surface area contributed by atoms with Crippen LogP contribution in [0.15, 0.2) is 65.2 Å². The fraction of sp³-hybridized carbons (Fsp3) is 0.320. The maximum atomic E-state index is 11.7. The molecule has 1 saturated heterocycles. The number of benzene rings is 1. The first-order valence-corrected chi connectivity index (χ1v) is 11.3. The number of pyridine rings is 1. The van der Waals surface area contributed by atoms with Gasteiger partial charge in [-0.05, 0) is 75.7 Å². The molecule has 7 nitrogen and oxygen atoms in total. The van der Waals surface area contributed by atoms with E-state index in [0.717, 1.165) is 42.3 Å². The van der Waals surface area contributed by atoms with Crippen molar-refractivity contribution in [3.05, 3.63) is 77.8 Å². The van der Waals surface area contributed by atoms with Gasteiger partial charge in [-0.15, -0.1) is 0 Å². The molecule has 0 saturated carbocycles. The van der Waals surface area contributed by atoms with Crippen LogP contribution in [0.2, 0.25) is 0 Å². The fourth-order valence-corrected chi connectivity index (χ4v) is 4.40. The number of hydrogen-bond acceptors (Lipinski definition) is 6. The first-order chi connectivity index (χ1) is 16.0. The molecule has 0 spiro atoms. The second-order valence-electron chi connectivity index (χ2n) is 8.25. The van der Waals surface area contributed by atoms with Crippen molar-refractivity contribution >= 4 is 23.3 Å². The standard InChI is InChI=1S/C25H28N4O3S/c1-28(2)15-6-16-29-23(22(27-25(29)33)19-7-4-5-14-26-19)21-13-12-20(32-21)17-8-10-18(11-9-17)24(30)31-3/h4-5,7-14,22-23H,6,15-16H2,1-3H3,(H,27,33)/t22-,23+/m0/s1. The highest BCUT2D eigenvalue weighted by molar-refractivity contribution is 7.80. The maximum Gasteiger partial charge on any atom is 0.337 e. The monoisotopic (exact) mass is 464 g/mol.